The smallest absolute Gasteiger partial charge is 0.0992 e. The lowest BCUT2D eigenvalue weighted by Gasteiger charge is -1.97. The Kier molecular flexibility index (Phi) is 2.28. The average molecular weight is 183 g/mol. The molecule has 14 heavy (non-hydrogen) atoms. The highest BCUT2D eigenvalue weighted by Gasteiger charge is 1.98. The maximum absolute atomic E-state index is 8.70. The summed E-state index contributed by atoms with van der Waals surface area (Å²) in [7, 11) is 0. The average Bonchev–Trinajstić information content (AvgIpc) is 2.71. The number of hydrogen-bond acceptors (Lipinski definition) is 2. The predicted octanol–water partition coefficient (Wildman–Crippen LogP) is 1.87. The van der Waals surface area contributed by atoms with Crippen LogP contribution in [0, 0.1) is 11.3 Å². The van der Waals surface area contributed by atoms with Crippen LogP contribution in [0.3, 0.4) is 0 Å². The molecule has 2 aromatic heterocycles. The number of rotatable bonds is 2. The van der Waals surface area contributed by atoms with Crippen LogP contribution in [0.2, 0.25) is 0 Å². The minimum absolute atomic E-state index is 0.654. The highest BCUT2D eigenvalue weighted by molar-refractivity contribution is 5.30. The van der Waals surface area contributed by atoms with E-state index in [2.05, 4.69) is 16.0 Å². The molecule has 0 aliphatic rings. The maximum Gasteiger partial charge on any atom is 0.0992 e. The maximum atomic E-state index is 8.70. The van der Waals surface area contributed by atoms with Crippen molar-refractivity contribution < 1.29 is 0 Å². The van der Waals surface area contributed by atoms with Gasteiger partial charge in [0.2, 0.25) is 0 Å². The molecule has 3 nitrogen and oxygen atoms in total. The van der Waals surface area contributed by atoms with Crippen LogP contribution in [0.15, 0.2) is 36.7 Å². The number of pyridine rings is 1. The monoisotopic (exact) mass is 183 g/mol. The molecule has 1 N–H and O–H groups in total. The van der Waals surface area contributed by atoms with Gasteiger partial charge in [-0.25, -0.2) is 0 Å². The molecule has 0 unspecified atom stereocenters. The second-order valence-electron chi connectivity index (χ2n) is 3.02. The summed E-state index contributed by atoms with van der Waals surface area (Å²) < 4.78 is 0. The van der Waals surface area contributed by atoms with Crippen LogP contribution in [0.1, 0.15) is 17.0 Å². The standard InChI is InChI=1S/C11H9N3/c12-8-9-3-5-14-11(6-9)7-10-2-1-4-13-10/h1-6,13H,7H2. The molecule has 0 radical (unpaired) electrons. The van der Waals surface area contributed by atoms with Gasteiger partial charge in [-0.3, -0.25) is 4.98 Å². The number of nitrogens with one attached hydrogen (secondary N) is 1. The third-order valence-electron chi connectivity index (χ3n) is 1.98. The fraction of sp³-hybridized carbons (Fsp3) is 0.0909. The number of nitrogens with zero attached hydrogens (tertiary/aromatic N) is 2. The molecular formula is C11H9N3. The van der Waals surface area contributed by atoms with E-state index >= 15 is 0 Å². The molecule has 3 heteroatoms. The summed E-state index contributed by atoms with van der Waals surface area (Å²) >= 11 is 0. The Morgan fingerprint density at radius 3 is 3.07 bits per heavy atom. The van der Waals surface area contributed by atoms with Gasteiger partial charge < -0.3 is 4.98 Å². The molecule has 68 valence electrons. The van der Waals surface area contributed by atoms with Gasteiger partial charge >= 0.3 is 0 Å². The lowest BCUT2D eigenvalue weighted by molar-refractivity contribution is 1.03. The van der Waals surface area contributed by atoms with Crippen LogP contribution < -0.4 is 0 Å². The Morgan fingerprint density at radius 2 is 2.36 bits per heavy atom. The molecule has 0 fully saturated rings. The summed E-state index contributed by atoms with van der Waals surface area (Å²) in [6, 6.07) is 9.56. The normalized spacial score (nSPS) is 9.64. The van der Waals surface area contributed by atoms with E-state index in [9.17, 15) is 0 Å². The molecule has 2 aromatic rings. The Bertz CT molecular complexity index is 452. The highest BCUT2D eigenvalue weighted by atomic mass is 14.7. The van der Waals surface area contributed by atoms with Gasteiger partial charge in [0.1, 0.15) is 0 Å². The first-order valence-corrected chi connectivity index (χ1v) is 4.36. The topological polar surface area (TPSA) is 52.5 Å². The van der Waals surface area contributed by atoms with Crippen molar-refractivity contribution in [3.05, 3.63) is 53.6 Å². The van der Waals surface area contributed by atoms with Gasteiger partial charge in [-0.1, -0.05) is 0 Å². The molecule has 0 aliphatic heterocycles. The van der Waals surface area contributed by atoms with Gasteiger partial charge in [0.15, 0.2) is 0 Å². The summed E-state index contributed by atoms with van der Waals surface area (Å²) in [4.78, 5) is 7.29. The van der Waals surface area contributed by atoms with Crippen LogP contribution in [-0.4, -0.2) is 9.97 Å². The molecule has 0 saturated heterocycles. The lowest BCUT2D eigenvalue weighted by Crippen LogP contribution is -1.92. The van der Waals surface area contributed by atoms with Crippen LogP contribution in [0.5, 0.6) is 0 Å². The van der Waals surface area contributed by atoms with E-state index in [4.69, 9.17) is 5.26 Å². The van der Waals surface area contributed by atoms with E-state index in [0.717, 1.165) is 17.8 Å². The van der Waals surface area contributed by atoms with E-state index in [-0.39, 0.29) is 0 Å². The molecule has 0 amide bonds. The second-order valence-corrected chi connectivity index (χ2v) is 3.02. The fourth-order valence-corrected chi connectivity index (χ4v) is 1.32. The Morgan fingerprint density at radius 1 is 1.43 bits per heavy atom. The molecule has 0 aromatic carbocycles. The lowest BCUT2D eigenvalue weighted by atomic mass is 10.2. The van der Waals surface area contributed by atoms with Gasteiger partial charge in [-0.05, 0) is 24.3 Å². The summed E-state index contributed by atoms with van der Waals surface area (Å²) in [5.74, 6) is 0. The summed E-state index contributed by atoms with van der Waals surface area (Å²) in [6.07, 6.45) is 4.28. The van der Waals surface area contributed by atoms with Crippen LogP contribution in [0.4, 0.5) is 0 Å². The van der Waals surface area contributed by atoms with E-state index in [1.807, 2.05) is 18.3 Å². The second kappa shape index (κ2) is 3.75. The molecule has 2 heterocycles. The van der Waals surface area contributed by atoms with Crippen LogP contribution in [0.25, 0.3) is 0 Å². The summed E-state index contributed by atoms with van der Waals surface area (Å²) in [5, 5.41) is 8.70. The van der Waals surface area contributed by atoms with Crippen molar-refractivity contribution >= 4 is 0 Å². The van der Waals surface area contributed by atoms with Gasteiger partial charge in [-0.2, -0.15) is 5.26 Å². The zero-order valence-electron chi connectivity index (χ0n) is 7.57. The largest absolute Gasteiger partial charge is 0.365 e. The van der Waals surface area contributed by atoms with E-state index in [1.54, 1.807) is 18.3 Å². The first-order valence-electron chi connectivity index (χ1n) is 4.36. The molecule has 0 spiro atoms. The number of aromatic nitrogens is 2. The quantitative estimate of drug-likeness (QED) is 0.772. The van der Waals surface area contributed by atoms with Crippen molar-refractivity contribution in [2.45, 2.75) is 6.42 Å². The Balaban J connectivity index is 2.22. The van der Waals surface area contributed by atoms with Gasteiger partial charge in [-0.15, -0.1) is 0 Å². The SMILES string of the molecule is N#Cc1ccnc(Cc2ccc[nH]2)c1. The van der Waals surface area contributed by atoms with Crippen LogP contribution in [-0.2, 0) is 6.42 Å². The molecule has 2 rings (SSSR count). The van der Waals surface area contributed by atoms with Gasteiger partial charge in [0.25, 0.3) is 0 Å². The first-order chi connectivity index (χ1) is 6.88. The van der Waals surface area contributed by atoms with Crippen LogP contribution >= 0.6 is 0 Å². The predicted molar refractivity (Wildman–Crippen MR) is 52.6 cm³/mol. The zero-order valence-corrected chi connectivity index (χ0v) is 7.57. The molecule has 0 atom stereocenters. The van der Waals surface area contributed by atoms with Crippen molar-refractivity contribution in [3.63, 3.8) is 0 Å². The molecular weight excluding hydrogens is 174 g/mol. The third kappa shape index (κ3) is 1.80. The number of nitriles is 1. The van der Waals surface area contributed by atoms with E-state index in [1.165, 1.54) is 0 Å². The highest BCUT2D eigenvalue weighted by Crippen LogP contribution is 2.06. The first kappa shape index (κ1) is 8.52. The van der Waals surface area contributed by atoms with Crippen molar-refractivity contribution in [1.29, 1.82) is 5.26 Å². The fourth-order valence-electron chi connectivity index (χ4n) is 1.32. The Labute approximate surface area is 82.0 Å². The molecule has 0 saturated carbocycles. The minimum atomic E-state index is 0.654. The van der Waals surface area contributed by atoms with E-state index in [0.29, 0.717) is 5.56 Å². The van der Waals surface area contributed by atoms with Gasteiger partial charge in [0, 0.05) is 30.2 Å². The summed E-state index contributed by atoms with van der Waals surface area (Å²) in [6.45, 7) is 0. The van der Waals surface area contributed by atoms with Crippen molar-refractivity contribution in [2.75, 3.05) is 0 Å². The van der Waals surface area contributed by atoms with Crippen molar-refractivity contribution in [1.82, 2.24) is 9.97 Å². The minimum Gasteiger partial charge on any atom is -0.365 e. The Hall–Kier alpha value is -2.08. The van der Waals surface area contributed by atoms with Gasteiger partial charge in [0.05, 0.1) is 11.6 Å². The molecule has 0 bridgehead atoms. The number of aromatic amines is 1. The number of H-pyrrole nitrogens is 1. The van der Waals surface area contributed by atoms with Crippen molar-refractivity contribution in [3.8, 4) is 6.07 Å². The number of hydrogen-bond donors (Lipinski definition) is 1. The third-order valence-corrected chi connectivity index (χ3v) is 1.98. The summed E-state index contributed by atoms with van der Waals surface area (Å²) in [5.41, 5.74) is 2.67. The van der Waals surface area contributed by atoms with Crippen molar-refractivity contribution in [2.24, 2.45) is 0 Å². The zero-order chi connectivity index (χ0) is 9.80. The van der Waals surface area contributed by atoms with E-state index < -0.39 is 0 Å². The molecule has 0 aliphatic carbocycles.